The van der Waals surface area contributed by atoms with Gasteiger partial charge in [0.15, 0.2) is 5.82 Å². The molecular formula is C23H23ClN6O2. The molecule has 0 radical (unpaired) electrons. The number of para-hydroxylation sites is 1. The molecule has 164 valence electrons. The molecule has 0 atom stereocenters. The molecule has 2 heterocycles. The zero-order chi connectivity index (χ0) is 22.7. The number of aryl methyl sites for hydroxylation is 1. The Kier molecular flexibility index (Phi) is 6.23. The van der Waals surface area contributed by atoms with Crippen LogP contribution in [0.2, 0.25) is 5.02 Å². The molecule has 1 aliphatic heterocycles. The average molecular weight is 451 g/mol. The number of hydrogen-bond donors (Lipinski definition) is 3. The Morgan fingerprint density at radius 2 is 1.94 bits per heavy atom. The normalized spacial score (nSPS) is 13.2. The molecule has 32 heavy (non-hydrogen) atoms. The third kappa shape index (κ3) is 4.50. The fourth-order valence-corrected chi connectivity index (χ4v) is 3.73. The van der Waals surface area contributed by atoms with E-state index >= 15 is 0 Å². The van der Waals surface area contributed by atoms with Crippen molar-refractivity contribution in [1.82, 2.24) is 15.3 Å². The molecule has 2 aromatic carbocycles. The SMILES string of the molecule is CNC(=O)c1ccccc1Nc1nc(Nc2ccc3c(c2)N(C)C(=O)CCC3)ncc1Cl. The van der Waals surface area contributed by atoms with Gasteiger partial charge in [0.25, 0.3) is 5.91 Å². The zero-order valence-corrected chi connectivity index (χ0v) is 18.5. The minimum absolute atomic E-state index is 0.102. The lowest BCUT2D eigenvalue weighted by molar-refractivity contribution is -0.118. The Hall–Kier alpha value is -3.65. The number of anilines is 5. The van der Waals surface area contributed by atoms with Gasteiger partial charge in [-0.05, 0) is 42.7 Å². The van der Waals surface area contributed by atoms with Gasteiger partial charge in [-0.2, -0.15) is 4.98 Å². The lowest BCUT2D eigenvalue weighted by Crippen LogP contribution is -2.25. The topological polar surface area (TPSA) is 99.2 Å². The predicted octanol–water partition coefficient (Wildman–Crippen LogP) is 4.28. The largest absolute Gasteiger partial charge is 0.355 e. The highest BCUT2D eigenvalue weighted by atomic mass is 35.5. The second kappa shape index (κ2) is 9.23. The van der Waals surface area contributed by atoms with Crippen LogP contribution in [0.4, 0.5) is 28.8 Å². The van der Waals surface area contributed by atoms with Crippen LogP contribution in [0.15, 0.2) is 48.7 Å². The highest BCUT2D eigenvalue weighted by molar-refractivity contribution is 6.33. The van der Waals surface area contributed by atoms with Crippen molar-refractivity contribution in [3.8, 4) is 0 Å². The lowest BCUT2D eigenvalue weighted by Gasteiger charge is -2.19. The highest BCUT2D eigenvalue weighted by Gasteiger charge is 2.19. The molecule has 2 amide bonds. The van der Waals surface area contributed by atoms with Crippen LogP contribution >= 0.6 is 11.6 Å². The van der Waals surface area contributed by atoms with Gasteiger partial charge >= 0.3 is 0 Å². The van der Waals surface area contributed by atoms with Crippen molar-refractivity contribution >= 4 is 52.2 Å². The van der Waals surface area contributed by atoms with Crippen molar-refractivity contribution in [2.75, 3.05) is 29.6 Å². The highest BCUT2D eigenvalue weighted by Crippen LogP contribution is 2.31. The number of aromatic nitrogens is 2. The number of halogens is 1. The van der Waals surface area contributed by atoms with E-state index in [4.69, 9.17) is 11.6 Å². The lowest BCUT2D eigenvalue weighted by atomic mass is 10.1. The fraction of sp³-hybridized carbons (Fsp3) is 0.217. The van der Waals surface area contributed by atoms with E-state index in [-0.39, 0.29) is 11.8 Å². The number of fused-ring (bicyclic) bond motifs is 1. The van der Waals surface area contributed by atoms with Crippen LogP contribution in [0.1, 0.15) is 28.8 Å². The summed E-state index contributed by atoms with van der Waals surface area (Å²) in [6, 6.07) is 13.0. The third-order valence-corrected chi connectivity index (χ3v) is 5.59. The molecule has 1 aliphatic rings. The Morgan fingerprint density at radius 3 is 2.75 bits per heavy atom. The number of carbonyl (C=O) groups is 2. The van der Waals surface area contributed by atoms with Gasteiger partial charge in [0.1, 0.15) is 5.02 Å². The summed E-state index contributed by atoms with van der Waals surface area (Å²) in [7, 11) is 3.37. The van der Waals surface area contributed by atoms with Crippen LogP contribution < -0.4 is 20.9 Å². The summed E-state index contributed by atoms with van der Waals surface area (Å²) in [5.74, 6) is 0.574. The Balaban J connectivity index is 1.60. The quantitative estimate of drug-likeness (QED) is 0.536. The molecular weight excluding hydrogens is 428 g/mol. The summed E-state index contributed by atoms with van der Waals surface area (Å²) >= 11 is 6.30. The molecule has 8 nitrogen and oxygen atoms in total. The van der Waals surface area contributed by atoms with Crippen molar-refractivity contribution in [3.63, 3.8) is 0 Å². The van der Waals surface area contributed by atoms with Crippen molar-refractivity contribution in [2.24, 2.45) is 0 Å². The van der Waals surface area contributed by atoms with E-state index in [2.05, 4.69) is 25.9 Å². The molecule has 0 aliphatic carbocycles. The van der Waals surface area contributed by atoms with Crippen LogP contribution in [-0.2, 0) is 11.2 Å². The first-order valence-corrected chi connectivity index (χ1v) is 10.6. The average Bonchev–Trinajstić information content (AvgIpc) is 2.94. The summed E-state index contributed by atoms with van der Waals surface area (Å²) in [5, 5.41) is 9.22. The predicted molar refractivity (Wildman–Crippen MR) is 126 cm³/mol. The van der Waals surface area contributed by atoms with E-state index in [0.717, 1.165) is 29.8 Å². The monoisotopic (exact) mass is 450 g/mol. The number of nitrogens with zero attached hydrogens (tertiary/aromatic N) is 3. The number of nitrogens with one attached hydrogen (secondary N) is 3. The maximum absolute atomic E-state index is 12.2. The number of benzene rings is 2. The number of rotatable bonds is 5. The third-order valence-electron chi connectivity index (χ3n) is 5.31. The van der Waals surface area contributed by atoms with Crippen LogP contribution in [0.3, 0.4) is 0 Å². The first kappa shape index (κ1) is 21.6. The smallest absolute Gasteiger partial charge is 0.253 e. The zero-order valence-electron chi connectivity index (χ0n) is 17.8. The van der Waals surface area contributed by atoms with Gasteiger partial charge in [-0.1, -0.05) is 29.8 Å². The van der Waals surface area contributed by atoms with E-state index in [1.807, 2.05) is 24.3 Å². The number of hydrogen-bond acceptors (Lipinski definition) is 6. The summed E-state index contributed by atoms with van der Waals surface area (Å²) in [6.07, 6.45) is 3.74. The molecule has 0 saturated carbocycles. The van der Waals surface area contributed by atoms with Gasteiger partial charge in [0.05, 0.1) is 17.4 Å². The van der Waals surface area contributed by atoms with Crippen molar-refractivity contribution < 1.29 is 9.59 Å². The van der Waals surface area contributed by atoms with E-state index in [1.165, 1.54) is 6.20 Å². The van der Waals surface area contributed by atoms with Crippen LogP contribution in [0.5, 0.6) is 0 Å². The van der Waals surface area contributed by atoms with Gasteiger partial charge in [-0.15, -0.1) is 0 Å². The molecule has 0 unspecified atom stereocenters. The molecule has 3 N–H and O–H groups in total. The Labute approximate surface area is 191 Å². The minimum Gasteiger partial charge on any atom is -0.355 e. The van der Waals surface area contributed by atoms with E-state index in [1.54, 1.807) is 37.2 Å². The van der Waals surface area contributed by atoms with Gasteiger partial charge in [0, 0.05) is 31.9 Å². The van der Waals surface area contributed by atoms with Crippen LogP contribution in [0, 0.1) is 0 Å². The minimum atomic E-state index is -0.222. The summed E-state index contributed by atoms with van der Waals surface area (Å²) in [4.78, 5) is 34.8. The first-order chi connectivity index (χ1) is 15.5. The van der Waals surface area contributed by atoms with Gasteiger partial charge in [-0.25, -0.2) is 4.98 Å². The van der Waals surface area contributed by atoms with E-state index < -0.39 is 0 Å². The van der Waals surface area contributed by atoms with Gasteiger partial charge < -0.3 is 20.9 Å². The summed E-state index contributed by atoms with van der Waals surface area (Å²) < 4.78 is 0. The summed E-state index contributed by atoms with van der Waals surface area (Å²) in [6.45, 7) is 0. The van der Waals surface area contributed by atoms with E-state index in [0.29, 0.717) is 34.5 Å². The maximum atomic E-state index is 12.2. The van der Waals surface area contributed by atoms with Crippen molar-refractivity contribution in [2.45, 2.75) is 19.3 Å². The molecule has 4 rings (SSSR count). The maximum Gasteiger partial charge on any atom is 0.253 e. The van der Waals surface area contributed by atoms with Crippen LogP contribution in [0.25, 0.3) is 0 Å². The molecule has 0 bridgehead atoms. The van der Waals surface area contributed by atoms with Crippen molar-refractivity contribution in [1.29, 1.82) is 0 Å². The Morgan fingerprint density at radius 1 is 1.12 bits per heavy atom. The molecule has 9 heteroatoms. The standard InChI is InChI=1S/C23H23ClN6O2/c1-25-22(32)16-7-3-4-8-18(16)28-21-17(24)13-26-23(29-21)27-15-11-10-14-6-5-9-20(31)30(2)19(14)12-15/h3-4,7-8,10-13H,5-6,9H2,1-2H3,(H,25,32)(H2,26,27,28,29). The molecule has 0 fully saturated rings. The molecule has 3 aromatic rings. The second-order valence-corrected chi connectivity index (χ2v) is 7.82. The van der Waals surface area contributed by atoms with Crippen molar-refractivity contribution in [3.05, 3.63) is 64.8 Å². The summed E-state index contributed by atoms with van der Waals surface area (Å²) in [5.41, 5.74) is 3.81. The first-order valence-electron chi connectivity index (χ1n) is 10.2. The number of carbonyl (C=O) groups excluding carboxylic acids is 2. The van der Waals surface area contributed by atoms with Gasteiger partial charge in [0.2, 0.25) is 11.9 Å². The van der Waals surface area contributed by atoms with Crippen LogP contribution in [-0.4, -0.2) is 35.9 Å². The molecule has 1 aromatic heterocycles. The molecule has 0 saturated heterocycles. The van der Waals surface area contributed by atoms with Gasteiger partial charge in [-0.3, -0.25) is 9.59 Å². The number of amides is 2. The van der Waals surface area contributed by atoms with E-state index in [9.17, 15) is 9.59 Å². The molecule has 0 spiro atoms. The fourth-order valence-electron chi connectivity index (χ4n) is 3.59. The second-order valence-electron chi connectivity index (χ2n) is 7.41. The Bertz CT molecular complexity index is 1180.